The number of carbonyl (C=O) groups excluding carboxylic acids is 2. The molecular weight excluding hydrogens is 252 g/mol. The van der Waals surface area contributed by atoms with Crippen LogP contribution in [0.4, 0.5) is 0 Å². The van der Waals surface area contributed by atoms with Crippen molar-refractivity contribution in [2.24, 2.45) is 5.73 Å². The zero-order valence-corrected chi connectivity index (χ0v) is 10.4. The van der Waals surface area contributed by atoms with E-state index in [2.05, 4.69) is 0 Å². The monoisotopic (exact) mass is 264 g/mol. The van der Waals surface area contributed by atoms with Crippen LogP contribution in [-0.2, 0) is 14.3 Å². The number of ether oxygens (including phenoxy) is 1. The molecule has 0 aromatic heterocycles. The van der Waals surface area contributed by atoms with Crippen molar-refractivity contribution in [1.29, 1.82) is 0 Å². The van der Waals surface area contributed by atoms with Gasteiger partial charge in [0.2, 0.25) is 5.91 Å². The maximum Gasteiger partial charge on any atom is 0.329 e. The summed E-state index contributed by atoms with van der Waals surface area (Å²) in [7, 11) is 0. The van der Waals surface area contributed by atoms with Gasteiger partial charge in [-0.25, -0.2) is 0 Å². The Hall–Kier alpha value is -0.460. The number of hydrogen-bond donors (Lipinski definition) is 1. The molecule has 2 rings (SSSR count). The molecule has 0 bridgehead atoms. The van der Waals surface area contributed by atoms with Crippen molar-refractivity contribution in [3.8, 4) is 0 Å². The number of carbonyl (C=O) groups is 2. The number of fused-ring (bicyclic) bond motifs is 1. The topological polar surface area (TPSA) is 72.6 Å². The number of nitrogens with two attached hydrogens (primary N) is 1. The Balaban J connectivity index is 2.05. The molecule has 2 aliphatic heterocycles. The molecule has 0 aromatic rings. The Morgan fingerprint density at radius 3 is 3.12 bits per heavy atom. The van der Waals surface area contributed by atoms with Crippen LogP contribution in [0.15, 0.2) is 0 Å². The first-order valence-electron chi connectivity index (χ1n) is 5.03. The van der Waals surface area contributed by atoms with E-state index in [0.29, 0.717) is 5.75 Å². The summed E-state index contributed by atoms with van der Waals surface area (Å²) in [4.78, 5) is 23.5. The highest BCUT2D eigenvalue weighted by atomic mass is 35.5. The number of hydrogen-bond acceptors (Lipinski definition) is 5. The van der Waals surface area contributed by atoms with E-state index in [1.54, 1.807) is 11.8 Å². The highest BCUT2D eigenvalue weighted by Gasteiger charge is 2.55. The van der Waals surface area contributed by atoms with Crippen molar-refractivity contribution in [3.05, 3.63) is 0 Å². The van der Waals surface area contributed by atoms with Gasteiger partial charge in [-0.3, -0.25) is 9.59 Å². The van der Waals surface area contributed by atoms with Gasteiger partial charge in [-0.15, -0.1) is 23.4 Å². The first kappa shape index (κ1) is 12.0. The predicted octanol–water partition coefficient (Wildman–Crippen LogP) is -0.230. The third-order valence-electron chi connectivity index (χ3n) is 2.73. The smallest absolute Gasteiger partial charge is 0.329 e. The molecule has 2 aliphatic rings. The second-order valence-corrected chi connectivity index (χ2v) is 5.71. The highest BCUT2D eigenvalue weighted by molar-refractivity contribution is 8.00. The molecule has 16 heavy (non-hydrogen) atoms. The fourth-order valence-electron chi connectivity index (χ4n) is 1.83. The third-order valence-corrected chi connectivity index (χ3v) is 4.84. The molecule has 3 atom stereocenters. The normalized spacial score (nSPS) is 37.7. The summed E-state index contributed by atoms with van der Waals surface area (Å²) in [6.07, 6.45) is 0. The zero-order chi connectivity index (χ0) is 11.9. The molecule has 0 aromatic carbocycles. The molecule has 0 radical (unpaired) electrons. The Bertz CT molecular complexity index is 341. The minimum absolute atomic E-state index is 0.0335. The Morgan fingerprint density at radius 2 is 2.50 bits per heavy atom. The van der Waals surface area contributed by atoms with Gasteiger partial charge < -0.3 is 15.4 Å². The molecule has 5 nitrogen and oxygen atoms in total. The van der Waals surface area contributed by atoms with Crippen molar-refractivity contribution in [3.63, 3.8) is 0 Å². The number of β-lactam (4-membered cyclic amide) rings is 1. The van der Waals surface area contributed by atoms with Crippen LogP contribution in [0.5, 0.6) is 0 Å². The Kier molecular flexibility index (Phi) is 3.07. The first-order valence-corrected chi connectivity index (χ1v) is 6.46. The number of amides is 1. The van der Waals surface area contributed by atoms with Crippen molar-refractivity contribution < 1.29 is 14.3 Å². The van der Waals surface area contributed by atoms with E-state index in [-0.39, 0.29) is 24.4 Å². The molecule has 0 spiro atoms. The number of halogens is 1. The molecule has 90 valence electrons. The van der Waals surface area contributed by atoms with Gasteiger partial charge >= 0.3 is 5.97 Å². The molecule has 0 aliphatic carbocycles. The molecular formula is C9H13ClN2O3S. The second kappa shape index (κ2) is 4.09. The quantitative estimate of drug-likeness (QED) is 0.424. The molecule has 7 heteroatoms. The molecule has 2 unspecified atom stereocenters. The van der Waals surface area contributed by atoms with Gasteiger partial charge in [0, 0.05) is 5.75 Å². The van der Waals surface area contributed by atoms with Crippen LogP contribution in [0.3, 0.4) is 0 Å². The van der Waals surface area contributed by atoms with Crippen LogP contribution in [0.1, 0.15) is 6.92 Å². The van der Waals surface area contributed by atoms with Gasteiger partial charge in [0.15, 0.2) is 4.87 Å². The van der Waals surface area contributed by atoms with Gasteiger partial charge in [-0.1, -0.05) is 0 Å². The lowest BCUT2D eigenvalue weighted by Gasteiger charge is -2.51. The fourth-order valence-corrected chi connectivity index (χ4v) is 3.53. The van der Waals surface area contributed by atoms with Crippen LogP contribution in [0, 0.1) is 0 Å². The SMILES string of the molecule is CCOC(=O)C1(Cl)CS[C@@H]2C(N)C(=O)N2C1. The lowest BCUT2D eigenvalue weighted by molar-refractivity contribution is -0.151. The van der Waals surface area contributed by atoms with E-state index in [1.807, 2.05) is 0 Å². The summed E-state index contributed by atoms with van der Waals surface area (Å²) >= 11 is 7.61. The third kappa shape index (κ3) is 1.69. The summed E-state index contributed by atoms with van der Waals surface area (Å²) in [6.45, 7) is 2.20. The average Bonchev–Trinajstić information content (AvgIpc) is 2.28. The maximum absolute atomic E-state index is 11.6. The van der Waals surface area contributed by atoms with Gasteiger partial charge in [-0.2, -0.15) is 0 Å². The molecule has 1 amide bonds. The van der Waals surface area contributed by atoms with Crippen LogP contribution in [0.2, 0.25) is 0 Å². The number of thioether (sulfide) groups is 1. The Labute approximate surface area is 103 Å². The summed E-state index contributed by atoms with van der Waals surface area (Å²) in [5.74, 6) is -0.183. The van der Waals surface area contributed by atoms with Gasteiger partial charge in [-0.05, 0) is 6.92 Å². The van der Waals surface area contributed by atoms with Gasteiger partial charge in [0.25, 0.3) is 0 Å². The van der Waals surface area contributed by atoms with Crippen LogP contribution in [-0.4, -0.2) is 52.0 Å². The standard InChI is InChI=1S/C9H13ClN2O3S/c1-2-15-8(14)9(10)3-12-6(13)5(11)7(12)16-4-9/h5,7H,2-4,11H2,1H3/t5?,7-,9?/m1/s1. The lowest BCUT2D eigenvalue weighted by atomic mass is 10.0. The number of nitrogens with zero attached hydrogens (tertiary/aromatic N) is 1. The minimum atomic E-state index is -1.12. The second-order valence-electron chi connectivity index (χ2n) is 3.88. The van der Waals surface area contributed by atoms with Gasteiger partial charge in [0.1, 0.15) is 11.4 Å². The zero-order valence-electron chi connectivity index (χ0n) is 8.81. The lowest BCUT2D eigenvalue weighted by Crippen LogP contribution is -2.72. The summed E-state index contributed by atoms with van der Waals surface area (Å²) < 4.78 is 4.90. The van der Waals surface area contributed by atoms with Crippen molar-refractivity contribution in [2.45, 2.75) is 23.2 Å². The van der Waals surface area contributed by atoms with Crippen molar-refractivity contribution in [1.82, 2.24) is 4.90 Å². The van der Waals surface area contributed by atoms with Crippen molar-refractivity contribution >= 4 is 35.2 Å². The van der Waals surface area contributed by atoms with Crippen LogP contribution >= 0.6 is 23.4 Å². The highest BCUT2D eigenvalue weighted by Crippen LogP contribution is 2.40. The minimum Gasteiger partial charge on any atom is -0.465 e. The first-order chi connectivity index (χ1) is 7.49. The molecule has 2 saturated heterocycles. The Morgan fingerprint density at radius 1 is 1.81 bits per heavy atom. The van der Waals surface area contributed by atoms with E-state index in [1.165, 1.54) is 11.8 Å². The summed E-state index contributed by atoms with van der Waals surface area (Å²) in [6, 6.07) is -0.451. The van der Waals surface area contributed by atoms with E-state index in [9.17, 15) is 9.59 Å². The fraction of sp³-hybridized carbons (Fsp3) is 0.778. The number of rotatable bonds is 2. The molecule has 2 heterocycles. The van der Waals surface area contributed by atoms with E-state index in [0.717, 1.165) is 0 Å². The van der Waals surface area contributed by atoms with Gasteiger partial charge in [0.05, 0.1) is 13.2 Å². The van der Waals surface area contributed by atoms with E-state index < -0.39 is 16.9 Å². The summed E-state index contributed by atoms with van der Waals surface area (Å²) in [5.41, 5.74) is 5.63. The molecule has 0 saturated carbocycles. The largest absolute Gasteiger partial charge is 0.465 e. The van der Waals surface area contributed by atoms with Crippen LogP contribution in [0.25, 0.3) is 0 Å². The summed E-state index contributed by atoms with van der Waals surface area (Å²) in [5, 5.41) is -0.0335. The van der Waals surface area contributed by atoms with E-state index >= 15 is 0 Å². The molecule has 2 N–H and O–H groups in total. The number of esters is 1. The average molecular weight is 265 g/mol. The number of alkyl halides is 1. The molecule has 2 fully saturated rings. The van der Waals surface area contributed by atoms with E-state index in [4.69, 9.17) is 22.1 Å². The predicted molar refractivity (Wildman–Crippen MR) is 61.2 cm³/mol. The maximum atomic E-state index is 11.6. The van der Waals surface area contributed by atoms with Crippen LogP contribution < -0.4 is 5.73 Å². The van der Waals surface area contributed by atoms with Crippen molar-refractivity contribution in [2.75, 3.05) is 18.9 Å².